The summed E-state index contributed by atoms with van der Waals surface area (Å²) in [6, 6.07) is 11.7. The van der Waals surface area contributed by atoms with Gasteiger partial charge in [0.25, 0.3) is 5.91 Å². The first-order chi connectivity index (χ1) is 14.1. The van der Waals surface area contributed by atoms with Gasteiger partial charge in [0.2, 0.25) is 0 Å². The van der Waals surface area contributed by atoms with Crippen molar-refractivity contribution in [2.45, 2.75) is 12.2 Å². The van der Waals surface area contributed by atoms with Gasteiger partial charge in [-0.3, -0.25) is 4.79 Å². The Morgan fingerprint density at radius 2 is 1.83 bits per heavy atom. The van der Waals surface area contributed by atoms with Crippen LogP contribution < -0.4 is 10.6 Å². The lowest BCUT2D eigenvalue weighted by Crippen LogP contribution is -2.21. The second-order valence-electron chi connectivity index (χ2n) is 7.64. The molecule has 1 amide bonds. The first kappa shape index (κ1) is 20.2. The molecule has 1 aliphatic rings. The zero-order valence-corrected chi connectivity index (χ0v) is 17.5. The van der Waals surface area contributed by atoms with Crippen LogP contribution in [0.3, 0.4) is 0 Å². The minimum atomic E-state index is -3.21. The molecule has 0 saturated carbocycles. The minimum absolute atomic E-state index is 0.0817. The number of nitrogens with two attached hydrogens (primary N) is 1. The molecule has 0 bridgehead atoms. The molecule has 3 aromatic rings. The fourth-order valence-corrected chi connectivity index (χ4v) is 4.93. The average Bonchev–Trinajstić information content (AvgIpc) is 2.91. The number of sulfone groups is 1. The van der Waals surface area contributed by atoms with Crippen molar-refractivity contribution in [3.63, 3.8) is 0 Å². The summed E-state index contributed by atoms with van der Waals surface area (Å²) in [4.78, 5) is 14.1. The maximum Gasteiger partial charge on any atom is 0.265 e. The van der Waals surface area contributed by atoms with E-state index in [2.05, 4.69) is 0 Å². The highest BCUT2D eigenvalue weighted by Gasteiger charge is 2.27. The molecular formula is C22H22FN3O3S. The maximum atomic E-state index is 13.5. The van der Waals surface area contributed by atoms with E-state index in [-0.39, 0.29) is 11.6 Å². The molecule has 2 N–H and O–H groups in total. The highest BCUT2D eigenvalue weighted by Crippen LogP contribution is 2.42. The van der Waals surface area contributed by atoms with Crippen molar-refractivity contribution in [1.29, 1.82) is 0 Å². The summed E-state index contributed by atoms with van der Waals surface area (Å²) in [7, 11) is -1.44. The zero-order valence-electron chi connectivity index (χ0n) is 16.7. The number of primary amides is 1. The number of aryl methyl sites for hydroxylation is 1. The Hall–Kier alpha value is -3.13. The van der Waals surface area contributed by atoms with Crippen molar-refractivity contribution < 1.29 is 17.6 Å². The monoisotopic (exact) mass is 427 g/mol. The summed E-state index contributed by atoms with van der Waals surface area (Å²) in [5, 5.41) is 0. The summed E-state index contributed by atoms with van der Waals surface area (Å²) in [6.07, 6.45) is 3.61. The minimum Gasteiger partial charge on any atom is -0.364 e. The third-order valence-corrected chi connectivity index (χ3v) is 6.17. The van der Waals surface area contributed by atoms with Crippen molar-refractivity contribution in [1.82, 2.24) is 4.57 Å². The predicted octanol–water partition coefficient (Wildman–Crippen LogP) is 3.17. The van der Waals surface area contributed by atoms with Crippen LogP contribution in [0.15, 0.2) is 48.7 Å². The van der Waals surface area contributed by atoms with E-state index in [9.17, 15) is 17.6 Å². The van der Waals surface area contributed by atoms with Gasteiger partial charge < -0.3 is 15.2 Å². The molecule has 8 heteroatoms. The van der Waals surface area contributed by atoms with E-state index < -0.39 is 15.7 Å². The number of amides is 1. The fourth-order valence-electron chi connectivity index (χ4n) is 4.14. The number of nitrogens with zero attached hydrogens (tertiary/aromatic N) is 2. The first-order valence-corrected chi connectivity index (χ1v) is 11.5. The molecule has 2 aromatic carbocycles. The van der Waals surface area contributed by atoms with Crippen LogP contribution >= 0.6 is 0 Å². The Labute approximate surface area is 174 Å². The number of fused-ring (bicyclic) bond motifs is 3. The Bertz CT molecular complexity index is 1250. The van der Waals surface area contributed by atoms with Crippen LogP contribution in [0.5, 0.6) is 0 Å². The lowest BCUT2D eigenvalue weighted by molar-refractivity contribution is 0.0991. The van der Waals surface area contributed by atoms with E-state index in [0.29, 0.717) is 24.2 Å². The van der Waals surface area contributed by atoms with Crippen LogP contribution in [-0.4, -0.2) is 31.7 Å². The highest BCUT2D eigenvalue weighted by molar-refractivity contribution is 7.89. The second kappa shape index (κ2) is 7.28. The van der Waals surface area contributed by atoms with Gasteiger partial charge in [-0.1, -0.05) is 6.07 Å². The van der Waals surface area contributed by atoms with E-state index in [1.807, 2.05) is 23.2 Å². The zero-order chi connectivity index (χ0) is 21.6. The number of benzene rings is 2. The van der Waals surface area contributed by atoms with Crippen molar-refractivity contribution >= 4 is 27.1 Å². The molecule has 1 aromatic heterocycles. The Morgan fingerprint density at radius 3 is 2.47 bits per heavy atom. The van der Waals surface area contributed by atoms with Crippen LogP contribution in [0.2, 0.25) is 0 Å². The second-order valence-corrected chi connectivity index (χ2v) is 9.78. The van der Waals surface area contributed by atoms with Gasteiger partial charge in [0.1, 0.15) is 11.5 Å². The SMILES string of the molecule is Cn1cc2c(c1C(N)=O)CCN(c1ccc(F)cc1)c1ccc(CS(C)(=O)=O)cc1-2. The van der Waals surface area contributed by atoms with Crippen molar-refractivity contribution in [2.24, 2.45) is 12.8 Å². The Balaban J connectivity index is 1.94. The highest BCUT2D eigenvalue weighted by atomic mass is 32.2. The Morgan fingerprint density at radius 1 is 1.13 bits per heavy atom. The molecule has 0 spiro atoms. The van der Waals surface area contributed by atoms with Crippen LogP contribution in [0, 0.1) is 5.82 Å². The molecule has 0 aliphatic carbocycles. The third-order valence-electron chi connectivity index (χ3n) is 5.31. The molecular weight excluding hydrogens is 405 g/mol. The number of anilines is 2. The lowest BCUT2D eigenvalue weighted by Gasteiger charge is -2.26. The summed E-state index contributed by atoms with van der Waals surface area (Å²) in [5.41, 5.74) is 10.9. The van der Waals surface area contributed by atoms with Crippen molar-refractivity contribution in [3.05, 3.63) is 71.3 Å². The summed E-state index contributed by atoms with van der Waals surface area (Å²) < 4.78 is 38.9. The van der Waals surface area contributed by atoms with Crippen LogP contribution in [0.25, 0.3) is 11.1 Å². The molecule has 6 nitrogen and oxygen atoms in total. The molecule has 30 heavy (non-hydrogen) atoms. The number of hydrogen-bond donors (Lipinski definition) is 1. The van der Waals surface area contributed by atoms with Gasteiger partial charge in [0, 0.05) is 48.5 Å². The molecule has 2 heterocycles. The van der Waals surface area contributed by atoms with E-state index in [4.69, 9.17) is 5.73 Å². The van der Waals surface area contributed by atoms with Crippen molar-refractivity contribution in [2.75, 3.05) is 17.7 Å². The van der Waals surface area contributed by atoms with Gasteiger partial charge in [0.05, 0.1) is 5.75 Å². The Kier molecular flexibility index (Phi) is 4.89. The quantitative estimate of drug-likeness (QED) is 0.693. The standard InChI is InChI=1S/C22H22FN3O3S/c1-25-12-19-17(21(25)22(24)27)9-10-26(16-6-4-15(23)5-7-16)20-8-3-14(11-18(19)20)13-30(2,28)29/h3-8,11-12H,9-10,13H2,1-2H3,(H2,24,27). The predicted molar refractivity (Wildman–Crippen MR) is 115 cm³/mol. The van der Waals surface area contributed by atoms with E-state index >= 15 is 0 Å². The smallest absolute Gasteiger partial charge is 0.265 e. The van der Waals surface area contributed by atoms with Gasteiger partial charge in [-0.15, -0.1) is 0 Å². The lowest BCUT2D eigenvalue weighted by atomic mass is 9.99. The van der Waals surface area contributed by atoms with Crippen LogP contribution in [0.1, 0.15) is 21.6 Å². The molecule has 4 rings (SSSR count). The normalized spacial score (nSPS) is 13.5. The average molecular weight is 428 g/mol. The number of halogens is 1. The largest absolute Gasteiger partial charge is 0.364 e. The molecule has 0 unspecified atom stereocenters. The number of carbonyl (C=O) groups excluding carboxylic acids is 1. The topological polar surface area (TPSA) is 85.4 Å². The van der Waals surface area contributed by atoms with Gasteiger partial charge in [-0.25, -0.2) is 12.8 Å². The molecule has 1 aliphatic heterocycles. The molecule has 156 valence electrons. The number of carbonyl (C=O) groups is 1. The molecule has 0 fully saturated rings. The van der Waals surface area contributed by atoms with Gasteiger partial charge >= 0.3 is 0 Å². The first-order valence-electron chi connectivity index (χ1n) is 9.46. The van der Waals surface area contributed by atoms with Gasteiger partial charge in [-0.2, -0.15) is 0 Å². The summed E-state index contributed by atoms with van der Waals surface area (Å²) >= 11 is 0. The van der Waals surface area contributed by atoms with Crippen molar-refractivity contribution in [3.8, 4) is 11.1 Å². The fraction of sp³-hybridized carbons (Fsp3) is 0.227. The van der Waals surface area contributed by atoms with Gasteiger partial charge in [-0.05, 0) is 53.9 Å². The number of rotatable bonds is 4. The van der Waals surface area contributed by atoms with E-state index in [1.165, 1.54) is 18.4 Å². The van der Waals surface area contributed by atoms with Gasteiger partial charge in [0.15, 0.2) is 9.84 Å². The number of aromatic nitrogens is 1. The molecule has 0 atom stereocenters. The summed E-state index contributed by atoms with van der Waals surface area (Å²) in [6.45, 7) is 0.557. The molecule has 0 radical (unpaired) electrons. The summed E-state index contributed by atoms with van der Waals surface area (Å²) in [5.74, 6) is -0.915. The van der Waals surface area contributed by atoms with Crippen LogP contribution in [-0.2, 0) is 29.1 Å². The maximum absolute atomic E-state index is 13.5. The van der Waals surface area contributed by atoms with Crippen LogP contribution in [0.4, 0.5) is 15.8 Å². The molecule has 0 saturated heterocycles. The van der Waals surface area contributed by atoms with E-state index in [1.54, 1.807) is 29.8 Å². The number of hydrogen-bond acceptors (Lipinski definition) is 4. The third kappa shape index (κ3) is 3.70. The van der Waals surface area contributed by atoms with E-state index in [0.717, 1.165) is 28.1 Å².